The third-order valence-corrected chi connectivity index (χ3v) is 2.65. The molecule has 15 heavy (non-hydrogen) atoms. The van der Waals surface area contributed by atoms with Gasteiger partial charge in [0.25, 0.3) is 0 Å². The average molecular weight is 201 g/mol. The fourth-order valence-corrected chi connectivity index (χ4v) is 1.59. The topological polar surface area (TPSA) is 26.0 Å². The van der Waals surface area contributed by atoms with Crippen LogP contribution < -0.4 is 5.73 Å². The van der Waals surface area contributed by atoms with Crippen molar-refractivity contribution in [1.82, 2.24) is 0 Å². The molecule has 0 aromatic heterocycles. The second-order valence-electron chi connectivity index (χ2n) is 3.80. The van der Waals surface area contributed by atoms with E-state index in [0.29, 0.717) is 0 Å². The molecule has 1 unspecified atom stereocenters. The van der Waals surface area contributed by atoms with Gasteiger partial charge in [0.05, 0.1) is 0 Å². The summed E-state index contributed by atoms with van der Waals surface area (Å²) in [6.07, 6.45) is 9.07. The lowest BCUT2D eigenvalue weighted by molar-refractivity contribution is 0.621. The molecule has 0 saturated heterocycles. The fourth-order valence-electron chi connectivity index (χ4n) is 1.59. The van der Waals surface area contributed by atoms with Crippen molar-refractivity contribution in [3.05, 3.63) is 35.4 Å². The van der Waals surface area contributed by atoms with E-state index in [1.807, 2.05) is 0 Å². The van der Waals surface area contributed by atoms with Crippen LogP contribution in [0.25, 0.3) is 0 Å². The molecule has 0 radical (unpaired) electrons. The number of unbranched alkanes of at least 4 members (excludes halogenated alkanes) is 1. The van der Waals surface area contributed by atoms with Gasteiger partial charge in [-0.05, 0) is 30.4 Å². The van der Waals surface area contributed by atoms with E-state index in [0.717, 1.165) is 25.7 Å². The van der Waals surface area contributed by atoms with Crippen molar-refractivity contribution >= 4 is 0 Å². The lowest BCUT2D eigenvalue weighted by Crippen LogP contribution is -2.09. The van der Waals surface area contributed by atoms with E-state index in [1.165, 1.54) is 11.1 Å². The number of hydrogen-bond donors (Lipinski definition) is 1. The Hall–Kier alpha value is -1.26. The molecule has 2 N–H and O–H groups in total. The lowest BCUT2D eigenvalue weighted by atomic mass is 10.0. The van der Waals surface area contributed by atoms with E-state index >= 15 is 0 Å². The Kier molecular flexibility index (Phi) is 4.93. The first-order valence-corrected chi connectivity index (χ1v) is 5.55. The maximum absolute atomic E-state index is 6.06. The van der Waals surface area contributed by atoms with Gasteiger partial charge >= 0.3 is 0 Å². The van der Waals surface area contributed by atoms with E-state index in [1.54, 1.807) is 0 Å². The Morgan fingerprint density at radius 1 is 1.33 bits per heavy atom. The zero-order valence-electron chi connectivity index (χ0n) is 9.37. The Labute approximate surface area is 92.7 Å². The molecule has 1 nitrogen and oxygen atoms in total. The largest absolute Gasteiger partial charge is 0.324 e. The standard InChI is InChI=1S/C14H19N/c1-3-5-6-7-14(15)13-10-8-12(4-2)9-11-13/h1,8-11,14H,4-7,15H2,2H3. The van der Waals surface area contributed by atoms with Crippen LogP contribution in [-0.2, 0) is 6.42 Å². The van der Waals surface area contributed by atoms with E-state index in [-0.39, 0.29) is 6.04 Å². The van der Waals surface area contributed by atoms with Gasteiger partial charge in [-0.1, -0.05) is 31.2 Å². The monoisotopic (exact) mass is 201 g/mol. The summed E-state index contributed by atoms with van der Waals surface area (Å²) in [5.74, 6) is 2.64. The molecular weight excluding hydrogens is 182 g/mol. The summed E-state index contributed by atoms with van der Waals surface area (Å²) in [6, 6.07) is 8.68. The van der Waals surface area contributed by atoms with Crippen LogP contribution in [0.15, 0.2) is 24.3 Å². The third-order valence-electron chi connectivity index (χ3n) is 2.65. The summed E-state index contributed by atoms with van der Waals surface area (Å²) in [7, 11) is 0. The predicted molar refractivity (Wildman–Crippen MR) is 65.4 cm³/mol. The smallest absolute Gasteiger partial charge is 0.0295 e. The number of benzene rings is 1. The molecule has 1 aromatic carbocycles. The van der Waals surface area contributed by atoms with Crippen LogP contribution >= 0.6 is 0 Å². The SMILES string of the molecule is C#CCCCC(N)c1ccc(CC)cc1. The maximum atomic E-state index is 6.06. The summed E-state index contributed by atoms with van der Waals surface area (Å²) in [6.45, 7) is 2.15. The molecule has 1 rings (SSSR count). The molecule has 1 aromatic rings. The van der Waals surface area contributed by atoms with Crippen LogP contribution in [-0.4, -0.2) is 0 Å². The second-order valence-corrected chi connectivity index (χ2v) is 3.80. The molecule has 0 saturated carbocycles. The zero-order chi connectivity index (χ0) is 11.1. The summed E-state index contributed by atoms with van der Waals surface area (Å²) in [5.41, 5.74) is 8.63. The van der Waals surface area contributed by atoms with Gasteiger partial charge in [-0.2, -0.15) is 0 Å². The van der Waals surface area contributed by atoms with Crippen molar-refractivity contribution < 1.29 is 0 Å². The van der Waals surface area contributed by atoms with Crippen molar-refractivity contribution in [2.45, 2.75) is 38.6 Å². The minimum Gasteiger partial charge on any atom is -0.324 e. The summed E-state index contributed by atoms with van der Waals surface area (Å²) in [4.78, 5) is 0. The fraction of sp³-hybridized carbons (Fsp3) is 0.429. The molecule has 0 aliphatic heterocycles. The number of nitrogens with two attached hydrogens (primary N) is 1. The van der Waals surface area contributed by atoms with E-state index < -0.39 is 0 Å². The van der Waals surface area contributed by atoms with Crippen molar-refractivity contribution in [3.8, 4) is 12.3 Å². The molecule has 0 amide bonds. The quantitative estimate of drug-likeness (QED) is 0.575. The molecule has 1 atom stereocenters. The van der Waals surface area contributed by atoms with Crippen LogP contribution in [0.4, 0.5) is 0 Å². The molecule has 0 spiro atoms. The van der Waals surface area contributed by atoms with Gasteiger partial charge in [0.2, 0.25) is 0 Å². The highest BCUT2D eigenvalue weighted by Crippen LogP contribution is 2.17. The van der Waals surface area contributed by atoms with Gasteiger partial charge in [0.1, 0.15) is 0 Å². The highest BCUT2D eigenvalue weighted by Gasteiger charge is 2.04. The van der Waals surface area contributed by atoms with Gasteiger partial charge < -0.3 is 5.73 Å². The van der Waals surface area contributed by atoms with Gasteiger partial charge in [0, 0.05) is 12.5 Å². The van der Waals surface area contributed by atoms with Crippen LogP contribution in [0.1, 0.15) is 43.4 Å². The highest BCUT2D eigenvalue weighted by molar-refractivity contribution is 5.24. The van der Waals surface area contributed by atoms with Crippen molar-refractivity contribution in [3.63, 3.8) is 0 Å². The molecule has 0 aliphatic rings. The Morgan fingerprint density at radius 2 is 2.00 bits per heavy atom. The van der Waals surface area contributed by atoms with Crippen molar-refractivity contribution in [1.29, 1.82) is 0 Å². The second kappa shape index (κ2) is 6.27. The average Bonchev–Trinajstić information content (AvgIpc) is 2.29. The Balaban J connectivity index is 2.51. The summed E-state index contributed by atoms with van der Waals surface area (Å²) >= 11 is 0. The van der Waals surface area contributed by atoms with Crippen molar-refractivity contribution in [2.24, 2.45) is 5.73 Å². The summed E-state index contributed by atoms with van der Waals surface area (Å²) < 4.78 is 0. The third kappa shape index (κ3) is 3.77. The van der Waals surface area contributed by atoms with Crippen LogP contribution in [0, 0.1) is 12.3 Å². The minimum atomic E-state index is 0.129. The van der Waals surface area contributed by atoms with Gasteiger partial charge in [-0.15, -0.1) is 12.3 Å². The molecular formula is C14H19N. The number of hydrogen-bond acceptors (Lipinski definition) is 1. The first-order valence-electron chi connectivity index (χ1n) is 5.55. The van der Waals surface area contributed by atoms with Crippen LogP contribution in [0.3, 0.4) is 0 Å². The maximum Gasteiger partial charge on any atom is 0.0295 e. The number of terminal acetylenes is 1. The van der Waals surface area contributed by atoms with Crippen LogP contribution in [0.2, 0.25) is 0 Å². The molecule has 0 aliphatic carbocycles. The zero-order valence-corrected chi connectivity index (χ0v) is 9.37. The first kappa shape index (κ1) is 11.8. The lowest BCUT2D eigenvalue weighted by Gasteiger charge is -2.11. The number of rotatable bonds is 5. The summed E-state index contributed by atoms with van der Waals surface area (Å²) in [5, 5.41) is 0. The molecule has 80 valence electrons. The van der Waals surface area contributed by atoms with Gasteiger partial charge in [-0.25, -0.2) is 0 Å². The number of aryl methyl sites for hydroxylation is 1. The molecule has 1 heteroatoms. The minimum absolute atomic E-state index is 0.129. The van der Waals surface area contributed by atoms with Crippen LogP contribution in [0.5, 0.6) is 0 Å². The molecule has 0 fully saturated rings. The Bertz CT molecular complexity index is 318. The van der Waals surface area contributed by atoms with Crippen molar-refractivity contribution in [2.75, 3.05) is 0 Å². The van der Waals surface area contributed by atoms with Gasteiger partial charge in [0.15, 0.2) is 0 Å². The van der Waals surface area contributed by atoms with E-state index in [4.69, 9.17) is 12.2 Å². The molecule has 0 bridgehead atoms. The normalized spacial score (nSPS) is 12.1. The van der Waals surface area contributed by atoms with Gasteiger partial charge in [-0.3, -0.25) is 0 Å². The Morgan fingerprint density at radius 3 is 2.53 bits per heavy atom. The van der Waals surface area contributed by atoms with E-state index in [2.05, 4.69) is 37.1 Å². The van der Waals surface area contributed by atoms with E-state index in [9.17, 15) is 0 Å². The molecule has 0 heterocycles. The predicted octanol–water partition coefficient (Wildman–Crippen LogP) is 3.05. The first-order chi connectivity index (χ1) is 7.27. The highest BCUT2D eigenvalue weighted by atomic mass is 14.6.